The second-order valence-corrected chi connectivity index (χ2v) is 11.4. The molecular weight excluding hydrogens is 390 g/mol. The molecule has 3 nitrogen and oxygen atoms in total. The molecule has 2 unspecified atom stereocenters. The smallest absolute Gasteiger partial charge is 0.0889 e. The highest BCUT2D eigenvalue weighted by atomic mass is 15.3. The van der Waals surface area contributed by atoms with Crippen molar-refractivity contribution in [3.05, 3.63) is 89.2 Å². The van der Waals surface area contributed by atoms with E-state index in [9.17, 15) is 0 Å². The molecule has 3 heteroatoms. The van der Waals surface area contributed by atoms with E-state index in [0.29, 0.717) is 12.1 Å². The van der Waals surface area contributed by atoms with Gasteiger partial charge in [-0.15, -0.1) is 0 Å². The molecule has 2 saturated heterocycles. The van der Waals surface area contributed by atoms with Gasteiger partial charge in [0.15, 0.2) is 0 Å². The Morgan fingerprint density at radius 1 is 0.594 bits per heavy atom. The van der Waals surface area contributed by atoms with Crippen LogP contribution >= 0.6 is 0 Å². The molecule has 5 rings (SSSR count). The molecule has 3 heterocycles. The molecule has 0 amide bonds. The Bertz CT molecular complexity index is 1050. The first-order chi connectivity index (χ1) is 15.1. The van der Waals surface area contributed by atoms with Gasteiger partial charge in [0.1, 0.15) is 0 Å². The van der Waals surface area contributed by atoms with Crippen LogP contribution in [0.1, 0.15) is 76.1 Å². The summed E-state index contributed by atoms with van der Waals surface area (Å²) >= 11 is 0. The minimum atomic E-state index is 0.133. The Hall–Kier alpha value is -2.81. The summed E-state index contributed by atoms with van der Waals surface area (Å²) in [7, 11) is 0. The van der Waals surface area contributed by atoms with Gasteiger partial charge in [0.25, 0.3) is 0 Å². The number of anilines is 2. The molecule has 0 N–H and O–H groups in total. The molecule has 2 aliphatic rings. The number of para-hydroxylation sites is 2. The highest BCUT2D eigenvalue weighted by Gasteiger charge is 2.42. The average molecular weight is 426 g/mol. The molecule has 2 atom stereocenters. The van der Waals surface area contributed by atoms with Crippen LogP contribution in [0.2, 0.25) is 0 Å². The van der Waals surface area contributed by atoms with E-state index in [1.807, 2.05) is 0 Å². The number of nitrogens with zero attached hydrogens (tertiary/aromatic N) is 3. The Morgan fingerprint density at radius 2 is 1.00 bits per heavy atom. The third-order valence-electron chi connectivity index (χ3n) is 6.74. The normalized spacial score (nSPS) is 20.4. The van der Waals surface area contributed by atoms with Crippen LogP contribution in [-0.4, -0.2) is 18.1 Å². The third kappa shape index (κ3) is 3.90. The fourth-order valence-electron chi connectivity index (χ4n) is 4.87. The molecule has 32 heavy (non-hydrogen) atoms. The highest BCUT2D eigenvalue weighted by molar-refractivity contribution is 5.64. The molecule has 1 aromatic heterocycles. The van der Waals surface area contributed by atoms with Crippen molar-refractivity contribution in [3.63, 3.8) is 0 Å². The van der Waals surface area contributed by atoms with Gasteiger partial charge >= 0.3 is 0 Å². The van der Waals surface area contributed by atoms with Gasteiger partial charge in [-0.25, -0.2) is 0 Å². The number of hydrogen-bond acceptors (Lipinski definition) is 3. The lowest BCUT2D eigenvalue weighted by molar-refractivity contribution is 0.590. The van der Waals surface area contributed by atoms with E-state index >= 15 is 0 Å². The van der Waals surface area contributed by atoms with E-state index in [4.69, 9.17) is 4.98 Å². The summed E-state index contributed by atoms with van der Waals surface area (Å²) in [5.41, 5.74) is 8.18. The second-order valence-electron chi connectivity index (χ2n) is 11.4. The highest BCUT2D eigenvalue weighted by Crippen LogP contribution is 2.46. The molecule has 0 radical (unpaired) electrons. The Kier molecular flexibility index (Phi) is 4.85. The van der Waals surface area contributed by atoms with Crippen molar-refractivity contribution in [1.82, 2.24) is 4.98 Å². The van der Waals surface area contributed by atoms with Gasteiger partial charge in [0.05, 0.1) is 23.5 Å². The summed E-state index contributed by atoms with van der Waals surface area (Å²) in [4.78, 5) is 10.1. The van der Waals surface area contributed by atoms with Gasteiger partial charge in [-0.05, 0) is 46.2 Å². The maximum atomic E-state index is 5.15. The van der Waals surface area contributed by atoms with Crippen LogP contribution in [0.4, 0.5) is 11.4 Å². The second kappa shape index (κ2) is 7.37. The monoisotopic (exact) mass is 425 g/mol. The van der Waals surface area contributed by atoms with Gasteiger partial charge in [-0.2, -0.15) is 0 Å². The van der Waals surface area contributed by atoms with Crippen molar-refractivity contribution in [3.8, 4) is 0 Å². The Balaban J connectivity index is 1.37. The lowest BCUT2D eigenvalue weighted by Crippen LogP contribution is -2.14. The van der Waals surface area contributed by atoms with E-state index in [1.54, 1.807) is 0 Å². The summed E-state index contributed by atoms with van der Waals surface area (Å²) in [5.74, 6) is 0. The first-order valence-corrected chi connectivity index (χ1v) is 11.8. The summed E-state index contributed by atoms with van der Waals surface area (Å²) < 4.78 is 0. The number of hydrogen-bond donors (Lipinski definition) is 0. The number of aromatic nitrogens is 1. The van der Waals surface area contributed by atoms with E-state index in [2.05, 4.69) is 118 Å². The topological polar surface area (TPSA) is 18.9 Å². The van der Waals surface area contributed by atoms with Crippen molar-refractivity contribution in [1.29, 1.82) is 0 Å². The molecular formula is C29H35N3. The zero-order valence-corrected chi connectivity index (χ0v) is 20.3. The summed E-state index contributed by atoms with van der Waals surface area (Å²) in [5, 5.41) is 0. The molecule has 2 fully saturated rings. The lowest BCUT2D eigenvalue weighted by atomic mass is 9.86. The predicted molar refractivity (Wildman–Crippen MR) is 135 cm³/mol. The van der Waals surface area contributed by atoms with Crippen LogP contribution in [0.3, 0.4) is 0 Å². The van der Waals surface area contributed by atoms with Gasteiger partial charge in [0.2, 0.25) is 0 Å². The van der Waals surface area contributed by atoms with Crippen molar-refractivity contribution >= 4 is 11.4 Å². The van der Waals surface area contributed by atoms with Crippen LogP contribution in [0.15, 0.2) is 66.7 Å². The van der Waals surface area contributed by atoms with Crippen LogP contribution < -0.4 is 9.80 Å². The van der Waals surface area contributed by atoms with Crippen molar-refractivity contribution in [2.24, 2.45) is 0 Å². The van der Waals surface area contributed by atoms with Crippen LogP contribution in [0.5, 0.6) is 0 Å². The minimum Gasteiger partial charge on any atom is -0.358 e. The zero-order valence-electron chi connectivity index (χ0n) is 20.3. The Labute approximate surface area is 193 Å². The summed E-state index contributed by atoms with van der Waals surface area (Å²) in [6, 6.07) is 25.0. The number of pyridine rings is 1. The first-order valence-electron chi connectivity index (χ1n) is 11.8. The fourth-order valence-corrected chi connectivity index (χ4v) is 4.87. The van der Waals surface area contributed by atoms with Crippen LogP contribution in [0, 0.1) is 0 Å². The van der Waals surface area contributed by atoms with Crippen LogP contribution in [-0.2, 0) is 10.8 Å². The maximum Gasteiger partial charge on any atom is 0.0889 e. The fraction of sp³-hybridized carbons (Fsp3) is 0.414. The minimum absolute atomic E-state index is 0.133. The quantitative estimate of drug-likeness (QED) is 0.428. The zero-order chi connectivity index (χ0) is 22.7. The maximum absolute atomic E-state index is 5.15. The van der Waals surface area contributed by atoms with Crippen molar-refractivity contribution < 1.29 is 0 Å². The molecule has 0 aliphatic carbocycles. The van der Waals surface area contributed by atoms with Gasteiger partial charge in [-0.3, -0.25) is 4.98 Å². The van der Waals surface area contributed by atoms with E-state index in [0.717, 1.165) is 13.1 Å². The van der Waals surface area contributed by atoms with Crippen molar-refractivity contribution in [2.75, 3.05) is 22.9 Å². The van der Waals surface area contributed by atoms with Crippen molar-refractivity contribution in [2.45, 2.75) is 64.5 Å². The molecule has 3 aromatic rings. The summed E-state index contributed by atoms with van der Waals surface area (Å²) in [6.45, 7) is 15.8. The largest absolute Gasteiger partial charge is 0.358 e. The van der Waals surface area contributed by atoms with E-state index in [-0.39, 0.29) is 10.8 Å². The average Bonchev–Trinajstić information content (AvgIpc) is 3.67. The molecule has 2 aliphatic heterocycles. The lowest BCUT2D eigenvalue weighted by Gasteiger charge is -2.24. The van der Waals surface area contributed by atoms with Gasteiger partial charge < -0.3 is 9.80 Å². The van der Waals surface area contributed by atoms with E-state index < -0.39 is 0 Å². The first kappa shape index (κ1) is 21.1. The number of rotatable bonds is 4. The molecule has 166 valence electrons. The molecule has 0 saturated carbocycles. The third-order valence-corrected chi connectivity index (χ3v) is 6.74. The number of benzene rings is 2. The van der Waals surface area contributed by atoms with E-state index in [1.165, 1.54) is 33.9 Å². The Morgan fingerprint density at radius 3 is 1.41 bits per heavy atom. The predicted octanol–water partition coefficient (Wildman–Crippen LogP) is 6.80. The molecule has 0 bridgehead atoms. The van der Waals surface area contributed by atoms with Gasteiger partial charge in [-0.1, -0.05) is 84.0 Å². The SMILES string of the molecule is CC(C)(C)c1ccccc1N1CC1c1cccc(C2CN2c2ccccc2C(C)(C)C)n1. The summed E-state index contributed by atoms with van der Waals surface area (Å²) in [6.07, 6.45) is 0. The molecule has 2 aromatic carbocycles. The van der Waals surface area contributed by atoms with Gasteiger partial charge in [0, 0.05) is 24.5 Å². The standard InChI is InChI=1S/C29H35N3/c1-28(2,3)20-12-7-9-16-24(20)31-18-26(31)22-14-11-15-23(30-22)27-19-32(27)25-17-10-8-13-21(25)29(4,5)6/h7-17,26-27H,18-19H2,1-6H3. The van der Waals surface area contributed by atoms with Crippen LogP contribution in [0.25, 0.3) is 0 Å². The molecule has 0 spiro atoms.